The zero-order chi connectivity index (χ0) is 13.8. The smallest absolute Gasteiger partial charge is 0.305 e. The number of aromatic nitrogens is 2. The molecule has 0 radical (unpaired) electrons. The Morgan fingerprint density at radius 2 is 2.06 bits per heavy atom. The van der Waals surface area contributed by atoms with Crippen LogP contribution in [0.15, 0.2) is 12.3 Å². The maximum Gasteiger partial charge on any atom is 0.305 e. The van der Waals surface area contributed by atoms with Gasteiger partial charge < -0.3 is 10.4 Å². The van der Waals surface area contributed by atoms with Gasteiger partial charge in [0, 0.05) is 13.2 Å². The number of carboxylic acids is 1. The van der Waals surface area contributed by atoms with E-state index in [1.165, 1.54) is 10.9 Å². The first kappa shape index (κ1) is 14.2. The topological polar surface area (TPSA) is 84.2 Å². The second-order valence-electron chi connectivity index (χ2n) is 4.35. The molecule has 0 aliphatic rings. The molecule has 6 nitrogen and oxygen atoms in total. The van der Waals surface area contributed by atoms with Crippen LogP contribution in [0.25, 0.3) is 0 Å². The van der Waals surface area contributed by atoms with E-state index >= 15 is 0 Å². The Kier molecular flexibility index (Phi) is 4.47. The van der Waals surface area contributed by atoms with E-state index in [1.807, 2.05) is 13.8 Å². The second kappa shape index (κ2) is 5.66. The molecular weight excluding hydrogens is 234 g/mol. The average molecular weight is 253 g/mol. The van der Waals surface area contributed by atoms with Crippen molar-refractivity contribution in [2.45, 2.75) is 38.6 Å². The van der Waals surface area contributed by atoms with Gasteiger partial charge in [-0.2, -0.15) is 5.10 Å². The molecule has 0 fully saturated rings. The van der Waals surface area contributed by atoms with Crippen molar-refractivity contribution in [3.63, 3.8) is 0 Å². The van der Waals surface area contributed by atoms with Crippen molar-refractivity contribution in [2.75, 3.05) is 0 Å². The van der Waals surface area contributed by atoms with Crippen LogP contribution in [-0.4, -0.2) is 32.3 Å². The van der Waals surface area contributed by atoms with E-state index in [2.05, 4.69) is 10.4 Å². The SMILES string of the molecule is CCC(CC)(CC(=O)O)NC(=O)c1ccnn1C. The van der Waals surface area contributed by atoms with Gasteiger partial charge in [-0.3, -0.25) is 14.3 Å². The summed E-state index contributed by atoms with van der Waals surface area (Å²) in [6.07, 6.45) is 2.59. The molecule has 0 atom stereocenters. The first-order valence-electron chi connectivity index (χ1n) is 5.96. The molecule has 2 N–H and O–H groups in total. The molecular formula is C12H19N3O3. The highest BCUT2D eigenvalue weighted by atomic mass is 16.4. The van der Waals surface area contributed by atoms with E-state index in [1.54, 1.807) is 13.1 Å². The van der Waals surface area contributed by atoms with Crippen LogP contribution in [0.3, 0.4) is 0 Å². The standard InChI is InChI=1S/C12H19N3O3/c1-4-12(5-2,8-10(16)17)14-11(18)9-6-7-13-15(9)3/h6-7H,4-5,8H2,1-3H3,(H,14,18)(H,16,17). The van der Waals surface area contributed by atoms with Crippen LogP contribution < -0.4 is 5.32 Å². The molecule has 18 heavy (non-hydrogen) atoms. The lowest BCUT2D eigenvalue weighted by atomic mass is 9.89. The number of hydrogen-bond donors (Lipinski definition) is 2. The van der Waals surface area contributed by atoms with Crippen LogP contribution in [0.2, 0.25) is 0 Å². The lowest BCUT2D eigenvalue weighted by molar-refractivity contribution is -0.138. The zero-order valence-electron chi connectivity index (χ0n) is 10.9. The molecule has 1 amide bonds. The van der Waals surface area contributed by atoms with Crippen molar-refractivity contribution < 1.29 is 14.7 Å². The van der Waals surface area contributed by atoms with E-state index in [-0.39, 0.29) is 12.3 Å². The molecule has 6 heteroatoms. The maximum absolute atomic E-state index is 12.1. The van der Waals surface area contributed by atoms with Gasteiger partial charge in [-0.05, 0) is 18.9 Å². The van der Waals surface area contributed by atoms with Gasteiger partial charge in [0.2, 0.25) is 0 Å². The molecule has 100 valence electrons. The number of aryl methyl sites for hydroxylation is 1. The minimum atomic E-state index is -0.913. The largest absolute Gasteiger partial charge is 0.481 e. The van der Waals surface area contributed by atoms with Crippen molar-refractivity contribution >= 4 is 11.9 Å². The molecule has 0 saturated heterocycles. The van der Waals surface area contributed by atoms with Crippen LogP contribution in [0.4, 0.5) is 0 Å². The number of rotatable bonds is 6. The van der Waals surface area contributed by atoms with Crippen molar-refractivity contribution in [1.29, 1.82) is 0 Å². The van der Waals surface area contributed by atoms with Gasteiger partial charge in [0.25, 0.3) is 5.91 Å². The van der Waals surface area contributed by atoms with Gasteiger partial charge in [-0.15, -0.1) is 0 Å². The number of carbonyl (C=O) groups is 2. The summed E-state index contributed by atoms with van der Waals surface area (Å²) in [5, 5.41) is 15.7. The lowest BCUT2D eigenvalue weighted by Gasteiger charge is -2.31. The van der Waals surface area contributed by atoms with E-state index in [0.717, 1.165) is 0 Å². The fraction of sp³-hybridized carbons (Fsp3) is 0.583. The van der Waals surface area contributed by atoms with E-state index in [0.29, 0.717) is 18.5 Å². The van der Waals surface area contributed by atoms with Crippen molar-refractivity contribution in [3.05, 3.63) is 18.0 Å². The summed E-state index contributed by atoms with van der Waals surface area (Å²) in [7, 11) is 1.67. The molecule has 0 aliphatic heterocycles. The summed E-state index contributed by atoms with van der Waals surface area (Å²) in [4.78, 5) is 23.0. The predicted octanol–water partition coefficient (Wildman–Crippen LogP) is 1.18. The highest BCUT2D eigenvalue weighted by molar-refractivity contribution is 5.93. The average Bonchev–Trinajstić information content (AvgIpc) is 2.74. The minimum absolute atomic E-state index is 0.0798. The monoisotopic (exact) mass is 253 g/mol. The Morgan fingerprint density at radius 1 is 1.44 bits per heavy atom. The van der Waals surface area contributed by atoms with Crippen LogP contribution in [-0.2, 0) is 11.8 Å². The molecule has 0 aromatic carbocycles. The molecule has 1 aromatic rings. The number of amides is 1. The van der Waals surface area contributed by atoms with Crippen LogP contribution in [0, 0.1) is 0 Å². The molecule has 0 saturated carbocycles. The number of hydrogen-bond acceptors (Lipinski definition) is 3. The summed E-state index contributed by atoms with van der Waals surface area (Å²) in [5.74, 6) is -1.20. The summed E-state index contributed by atoms with van der Waals surface area (Å²) < 4.78 is 1.46. The lowest BCUT2D eigenvalue weighted by Crippen LogP contribution is -2.49. The molecule has 1 aromatic heterocycles. The van der Waals surface area contributed by atoms with Gasteiger partial charge >= 0.3 is 5.97 Å². The van der Waals surface area contributed by atoms with Crippen molar-refractivity contribution in [1.82, 2.24) is 15.1 Å². The van der Waals surface area contributed by atoms with Gasteiger partial charge in [0.1, 0.15) is 5.69 Å². The summed E-state index contributed by atoms with van der Waals surface area (Å²) in [5.41, 5.74) is -0.278. The number of nitrogens with one attached hydrogen (secondary N) is 1. The Labute approximate surface area is 106 Å². The first-order valence-corrected chi connectivity index (χ1v) is 5.96. The molecule has 0 aliphatic carbocycles. The number of aliphatic carboxylic acids is 1. The van der Waals surface area contributed by atoms with E-state index in [9.17, 15) is 9.59 Å². The Balaban J connectivity index is 2.87. The summed E-state index contributed by atoms with van der Waals surface area (Å²) >= 11 is 0. The fourth-order valence-electron chi connectivity index (χ4n) is 1.91. The Bertz CT molecular complexity index is 436. The maximum atomic E-state index is 12.1. The second-order valence-corrected chi connectivity index (χ2v) is 4.35. The Hall–Kier alpha value is -1.85. The molecule has 1 heterocycles. The van der Waals surface area contributed by atoms with Crippen LogP contribution >= 0.6 is 0 Å². The van der Waals surface area contributed by atoms with Crippen LogP contribution in [0.1, 0.15) is 43.6 Å². The van der Waals surface area contributed by atoms with Crippen LogP contribution in [0.5, 0.6) is 0 Å². The summed E-state index contributed by atoms with van der Waals surface area (Å²) in [6.45, 7) is 3.74. The Morgan fingerprint density at radius 3 is 2.44 bits per heavy atom. The third-order valence-corrected chi connectivity index (χ3v) is 3.28. The first-order chi connectivity index (χ1) is 8.44. The molecule has 0 unspecified atom stereocenters. The third-order valence-electron chi connectivity index (χ3n) is 3.28. The zero-order valence-corrected chi connectivity index (χ0v) is 10.9. The molecule has 0 bridgehead atoms. The van der Waals surface area contributed by atoms with E-state index < -0.39 is 11.5 Å². The third kappa shape index (κ3) is 3.09. The van der Waals surface area contributed by atoms with Gasteiger partial charge in [-0.1, -0.05) is 13.8 Å². The number of nitrogens with zero attached hydrogens (tertiary/aromatic N) is 2. The van der Waals surface area contributed by atoms with Crippen molar-refractivity contribution in [2.24, 2.45) is 7.05 Å². The molecule has 0 spiro atoms. The van der Waals surface area contributed by atoms with Gasteiger partial charge in [0.15, 0.2) is 0 Å². The minimum Gasteiger partial charge on any atom is -0.481 e. The normalized spacial score (nSPS) is 11.3. The number of carboxylic acid groups (broad SMARTS) is 1. The fourth-order valence-corrected chi connectivity index (χ4v) is 1.91. The highest BCUT2D eigenvalue weighted by Crippen LogP contribution is 2.20. The van der Waals surface area contributed by atoms with Crippen molar-refractivity contribution in [3.8, 4) is 0 Å². The summed E-state index contributed by atoms with van der Waals surface area (Å²) in [6, 6.07) is 1.60. The quantitative estimate of drug-likeness (QED) is 0.797. The molecule has 1 rings (SSSR count). The van der Waals surface area contributed by atoms with Gasteiger partial charge in [-0.25, -0.2) is 0 Å². The number of carbonyl (C=O) groups excluding carboxylic acids is 1. The highest BCUT2D eigenvalue weighted by Gasteiger charge is 2.31. The predicted molar refractivity (Wildman–Crippen MR) is 66.2 cm³/mol. The van der Waals surface area contributed by atoms with Gasteiger partial charge in [0.05, 0.1) is 12.0 Å². The van der Waals surface area contributed by atoms with E-state index in [4.69, 9.17) is 5.11 Å².